The van der Waals surface area contributed by atoms with Gasteiger partial charge in [-0.05, 0) is 63.1 Å². The van der Waals surface area contributed by atoms with Crippen molar-refractivity contribution in [2.75, 3.05) is 36.9 Å². The molecule has 0 unspecified atom stereocenters. The molecule has 11 heteroatoms. The molecule has 0 radical (unpaired) electrons. The first-order chi connectivity index (χ1) is 19.6. The number of hydrazine groups is 1. The minimum Gasteiger partial charge on any atom is -0.444 e. The molecular weight excluding hydrogens is 520 g/mol. The van der Waals surface area contributed by atoms with Crippen molar-refractivity contribution in [1.82, 2.24) is 29.7 Å². The number of benzene rings is 1. The average molecular weight is 561 g/mol. The number of fused-ring (bicyclic) bond motifs is 3. The minimum atomic E-state index is -0.521. The highest BCUT2D eigenvalue weighted by atomic mass is 16.6. The van der Waals surface area contributed by atoms with Crippen LogP contribution in [0, 0.1) is 0 Å². The van der Waals surface area contributed by atoms with Gasteiger partial charge >= 0.3 is 6.09 Å². The number of anilines is 2. The van der Waals surface area contributed by atoms with Crippen LogP contribution in [-0.4, -0.2) is 73.4 Å². The quantitative estimate of drug-likeness (QED) is 0.460. The molecule has 1 aromatic carbocycles. The molecule has 218 valence electrons. The highest BCUT2D eigenvalue weighted by Crippen LogP contribution is 2.34. The van der Waals surface area contributed by atoms with Gasteiger partial charge < -0.3 is 15.0 Å². The second kappa shape index (κ2) is 11.5. The maximum atomic E-state index is 13.6. The molecule has 41 heavy (non-hydrogen) atoms. The van der Waals surface area contributed by atoms with Gasteiger partial charge in [0.25, 0.3) is 5.91 Å². The number of nitrogens with one attached hydrogen (secondary N) is 2. The second-order valence-electron chi connectivity index (χ2n) is 11.5. The number of amides is 2. The number of hydrogen-bond donors (Lipinski definition) is 2. The molecule has 1 fully saturated rings. The third kappa shape index (κ3) is 6.04. The Bertz CT molecular complexity index is 1430. The van der Waals surface area contributed by atoms with E-state index in [1.165, 1.54) is 0 Å². The zero-order valence-corrected chi connectivity index (χ0v) is 24.9. The van der Waals surface area contributed by atoms with Crippen molar-refractivity contribution in [3.8, 4) is 11.4 Å². The first kappa shape index (κ1) is 28.5. The molecule has 0 atom stereocenters. The van der Waals surface area contributed by atoms with Gasteiger partial charge in [0.15, 0.2) is 5.69 Å². The lowest BCUT2D eigenvalue weighted by molar-refractivity contribution is 0.0163. The SMILES string of the molecule is CCc1cccc(CC)c1NC(=O)c1nn(C)c2c1CCc1cnc(NN3CCN(C(=O)OC(C)(C)C)CC3)nc1-2. The molecule has 0 saturated carbocycles. The molecular formula is C30H40N8O3. The summed E-state index contributed by atoms with van der Waals surface area (Å²) in [6.07, 6.45) is 4.64. The fourth-order valence-electron chi connectivity index (χ4n) is 5.44. The van der Waals surface area contributed by atoms with E-state index in [-0.39, 0.29) is 12.0 Å². The van der Waals surface area contributed by atoms with Gasteiger partial charge in [-0.2, -0.15) is 5.10 Å². The van der Waals surface area contributed by atoms with Crippen LogP contribution in [0.15, 0.2) is 24.4 Å². The van der Waals surface area contributed by atoms with Crippen molar-refractivity contribution in [2.24, 2.45) is 7.05 Å². The number of ether oxygens (including phenoxy) is 1. The largest absolute Gasteiger partial charge is 0.444 e. The van der Waals surface area contributed by atoms with E-state index in [0.29, 0.717) is 44.2 Å². The number of rotatable bonds is 6. The summed E-state index contributed by atoms with van der Waals surface area (Å²) in [7, 11) is 1.85. The van der Waals surface area contributed by atoms with E-state index in [4.69, 9.17) is 9.72 Å². The summed E-state index contributed by atoms with van der Waals surface area (Å²) in [6, 6.07) is 6.16. The fraction of sp³-hybridized carbons (Fsp3) is 0.500. The smallest absolute Gasteiger partial charge is 0.410 e. The van der Waals surface area contributed by atoms with Crippen LogP contribution < -0.4 is 10.7 Å². The van der Waals surface area contributed by atoms with Crippen LogP contribution in [-0.2, 0) is 37.5 Å². The molecule has 0 spiro atoms. The van der Waals surface area contributed by atoms with Crippen molar-refractivity contribution in [1.29, 1.82) is 0 Å². The van der Waals surface area contributed by atoms with E-state index >= 15 is 0 Å². The number of hydrogen-bond acceptors (Lipinski definition) is 8. The van der Waals surface area contributed by atoms with E-state index in [1.807, 2.05) is 45.1 Å². The molecule has 2 amide bonds. The van der Waals surface area contributed by atoms with Crippen LogP contribution in [0.4, 0.5) is 16.4 Å². The van der Waals surface area contributed by atoms with Crippen LogP contribution in [0.2, 0.25) is 0 Å². The standard InChI is InChI=1S/C30H40N8O3/c1-7-19-10-9-11-20(8-2)23(19)32-27(39)25-22-13-12-21-18-31-28(33-24(21)26(22)36(6)34-25)35-38-16-14-37(15-17-38)29(40)41-30(3,4)5/h9-11,18H,7-8,12-17H2,1-6H3,(H,32,39)(H,31,33,35). The van der Waals surface area contributed by atoms with Gasteiger partial charge in [0.2, 0.25) is 5.95 Å². The lowest BCUT2D eigenvalue weighted by Gasteiger charge is -2.35. The zero-order chi connectivity index (χ0) is 29.3. The normalized spacial score (nSPS) is 15.2. The monoisotopic (exact) mass is 560 g/mol. The van der Waals surface area contributed by atoms with Gasteiger partial charge in [-0.3, -0.25) is 14.9 Å². The van der Waals surface area contributed by atoms with E-state index in [9.17, 15) is 9.59 Å². The van der Waals surface area contributed by atoms with Gasteiger partial charge in [-0.15, -0.1) is 0 Å². The third-order valence-corrected chi connectivity index (χ3v) is 7.52. The molecule has 2 aromatic heterocycles. The molecule has 2 N–H and O–H groups in total. The van der Waals surface area contributed by atoms with Crippen LogP contribution in [0.5, 0.6) is 0 Å². The molecule has 5 rings (SSSR count). The number of carbonyl (C=O) groups is 2. The van der Waals surface area contributed by atoms with Gasteiger partial charge in [0, 0.05) is 50.7 Å². The Balaban J connectivity index is 1.32. The summed E-state index contributed by atoms with van der Waals surface area (Å²) >= 11 is 0. The van der Waals surface area contributed by atoms with Crippen LogP contribution >= 0.6 is 0 Å². The molecule has 1 saturated heterocycles. The van der Waals surface area contributed by atoms with Crippen molar-refractivity contribution in [2.45, 2.75) is 65.9 Å². The van der Waals surface area contributed by atoms with Crippen molar-refractivity contribution < 1.29 is 14.3 Å². The van der Waals surface area contributed by atoms with Crippen molar-refractivity contribution in [3.05, 3.63) is 52.3 Å². The van der Waals surface area contributed by atoms with Crippen molar-refractivity contribution >= 4 is 23.6 Å². The third-order valence-electron chi connectivity index (χ3n) is 7.52. The lowest BCUT2D eigenvalue weighted by Crippen LogP contribution is -2.51. The van der Waals surface area contributed by atoms with Crippen LogP contribution in [0.3, 0.4) is 0 Å². The minimum absolute atomic E-state index is 0.198. The maximum absolute atomic E-state index is 13.6. The van der Waals surface area contributed by atoms with Crippen LogP contribution in [0.25, 0.3) is 11.4 Å². The Morgan fingerprint density at radius 1 is 1.02 bits per heavy atom. The maximum Gasteiger partial charge on any atom is 0.410 e. The number of nitrogens with zero attached hydrogens (tertiary/aromatic N) is 6. The summed E-state index contributed by atoms with van der Waals surface area (Å²) < 4.78 is 7.25. The highest BCUT2D eigenvalue weighted by Gasteiger charge is 2.30. The molecule has 1 aliphatic heterocycles. The number of aryl methyl sites for hydroxylation is 4. The topological polar surface area (TPSA) is 118 Å². The number of piperazine rings is 1. The first-order valence-electron chi connectivity index (χ1n) is 14.4. The van der Waals surface area contributed by atoms with Crippen molar-refractivity contribution in [3.63, 3.8) is 0 Å². The summed E-state index contributed by atoms with van der Waals surface area (Å²) in [5, 5.41) is 9.83. The zero-order valence-electron chi connectivity index (χ0n) is 24.9. The van der Waals surface area contributed by atoms with Gasteiger partial charge in [-0.1, -0.05) is 32.0 Å². The Morgan fingerprint density at radius 2 is 1.71 bits per heavy atom. The molecule has 3 heterocycles. The predicted octanol–water partition coefficient (Wildman–Crippen LogP) is 4.23. The van der Waals surface area contributed by atoms with Gasteiger partial charge in [-0.25, -0.2) is 19.8 Å². The fourth-order valence-corrected chi connectivity index (χ4v) is 5.44. The van der Waals surface area contributed by atoms with Gasteiger partial charge in [0.05, 0.1) is 11.4 Å². The van der Waals surface area contributed by atoms with E-state index in [2.05, 4.69) is 46.8 Å². The molecule has 0 bridgehead atoms. The Kier molecular flexibility index (Phi) is 7.99. The first-order valence-corrected chi connectivity index (χ1v) is 14.4. The van der Waals surface area contributed by atoms with E-state index < -0.39 is 5.60 Å². The molecule has 11 nitrogen and oxygen atoms in total. The highest BCUT2D eigenvalue weighted by molar-refractivity contribution is 6.05. The molecule has 3 aromatic rings. The summed E-state index contributed by atoms with van der Waals surface area (Å²) in [6.45, 7) is 12.1. The summed E-state index contributed by atoms with van der Waals surface area (Å²) in [4.78, 5) is 37.1. The number of para-hydroxylation sites is 1. The summed E-state index contributed by atoms with van der Waals surface area (Å²) in [5.41, 5.74) is 9.89. The average Bonchev–Trinajstić information content (AvgIpc) is 3.29. The molecule has 2 aliphatic rings. The number of carbonyl (C=O) groups excluding carboxylic acids is 2. The Hall–Kier alpha value is -3.99. The Morgan fingerprint density at radius 3 is 2.34 bits per heavy atom. The van der Waals surface area contributed by atoms with Crippen LogP contribution in [0.1, 0.15) is 67.4 Å². The number of aromatic nitrogens is 4. The van der Waals surface area contributed by atoms with E-state index in [1.54, 1.807) is 9.58 Å². The Labute approximate surface area is 241 Å². The lowest BCUT2D eigenvalue weighted by atomic mass is 9.93. The second-order valence-corrected chi connectivity index (χ2v) is 11.5. The van der Waals surface area contributed by atoms with E-state index in [0.717, 1.165) is 58.6 Å². The summed E-state index contributed by atoms with van der Waals surface area (Å²) in [5.74, 6) is 0.273. The van der Waals surface area contributed by atoms with Gasteiger partial charge in [0.1, 0.15) is 5.60 Å². The molecule has 1 aliphatic carbocycles. The predicted molar refractivity (Wildman–Crippen MR) is 158 cm³/mol.